The molecule has 164 valence electrons. The van der Waals surface area contributed by atoms with Gasteiger partial charge in [-0.25, -0.2) is 4.39 Å². The van der Waals surface area contributed by atoms with Crippen LogP contribution >= 0.6 is 24.8 Å². The minimum Gasteiger partial charge on any atom is -0.369 e. The molecule has 2 aromatic rings. The zero-order chi connectivity index (χ0) is 19.5. The number of halogens is 3. The number of hydrogen-bond donors (Lipinski definition) is 2. The quantitative estimate of drug-likeness (QED) is 0.738. The van der Waals surface area contributed by atoms with E-state index in [-0.39, 0.29) is 42.2 Å². The van der Waals surface area contributed by atoms with Crippen molar-refractivity contribution in [3.05, 3.63) is 58.9 Å². The maximum absolute atomic E-state index is 14.7. The minimum absolute atomic E-state index is 0. The number of amides is 1. The van der Waals surface area contributed by atoms with Gasteiger partial charge in [-0.2, -0.15) is 0 Å². The van der Waals surface area contributed by atoms with Crippen molar-refractivity contribution in [2.75, 3.05) is 49.5 Å². The number of fused-ring (bicyclic) bond motifs is 1. The molecule has 2 aliphatic heterocycles. The van der Waals surface area contributed by atoms with E-state index in [9.17, 15) is 9.18 Å². The lowest BCUT2D eigenvalue weighted by Crippen LogP contribution is -2.46. The van der Waals surface area contributed by atoms with Crippen molar-refractivity contribution in [1.82, 2.24) is 10.2 Å². The summed E-state index contributed by atoms with van der Waals surface area (Å²) in [5.74, 6) is -0.590. The summed E-state index contributed by atoms with van der Waals surface area (Å²) in [4.78, 5) is 17.4. The Hall–Kier alpha value is -1.86. The molecule has 5 nitrogen and oxygen atoms in total. The van der Waals surface area contributed by atoms with Gasteiger partial charge in [-0.15, -0.1) is 24.8 Å². The summed E-state index contributed by atoms with van der Waals surface area (Å²) >= 11 is 0. The minimum atomic E-state index is -0.308. The standard InChI is InChI=1S/C22H27FN4O.2ClH/c1-2-26-11-13-27(14-12-26)18-6-3-16(4-7-18)22(28)25-20-8-5-17-15-24-10-9-19(17)21(20)23;;/h3-8,24H,2,9-15H2,1H3,(H,25,28);2*1H. The van der Waals surface area contributed by atoms with Gasteiger partial charge in [0.15, 0.2) is 0 Å². The average molecular weight is 455 g/mol. The lowest BCUT2D eigenvalue weighted by molar-refractivity contribution is 0.102. The summed E-state index contributed by atoms with van der Waals surface area (Å²) in [6.07, 6.45) is 0.644. The summed E-state index contributed by atoms with van der Waals surface area (Å²) in [6.45, 7) is 8.82. The first kappa shape index (κ1) is 24.4. The van der Waals surface area contributed by atoms with Crippen molar-refractivity contribution in [3.8, 4) is 0 Å². The maximum atomic E-state index is 14.7. The highest BCUT2D eigenvalue weighted by Crippen LogP contribution is 2.25. The van der Waals surface area contributed by atoms with Crippen LogP contribution in [0.5, 0.6) is 0 Å². The molecule has 0 spiro atoms. The van der Waals surface area contributed by atoms with Crippen molar-refractivity contribution in [2.45, 2.75) is 19.9 Å². The number of piperazine rings is 1. The predicted octanol–water partition coefficient (Wildman–Crippen LogP) is 3.71. The van der Waals surface area contributed by atoms with Gasteiger partial charge in [-0.1, -0.05) is 13.0 Å². The second-order valence-corrected chi connectivity index (χ2v) is 7.41. The summed E-state index contributed by atoms with van der Waals surface area (Å²) in [7, 11) is 0. The van der Waals surface area contributed by atoms with E-state index in [1.165, 1.54) is 0 Å². The first-order valence-electron chi connectivity index (χ1n) is 10.1. The van der Waals surface area contributed by atoms with Crippen molar-refractivity contribution >= 4 is 42.1 Å². The van der Waals surface area contributed by atoms with E-state index in [0.29, 0.717) is 24.1 Å². The second kappa shape index (κ2) is 11.0. The van der Waals surface area contributed by atoms with Crippen LogP contribution in [0.25, 0.3) is 0 Å². The van der Waals surface area contributed by atoms with Crippen molar-refractivity contribution in [3.63, 3.8) is 0 Å². The molecule has 0 bridgehead atoms. The number of nitrogens with one attached hydrogen (secondary N) is 2. The Morgan fingerprint density at radius 3 is 2.43 bits per heavy atom. The number of benzene rings is 2. The lowest BCUT2D eigenvalue weighted by atomic mass is 9.99. The molecule has 0 radical (unpaired) electrons. The van der Waals surface area contributed by atoms with Gasteiger partial charge in [0.2, 0.25) is 0 Å². The van der Waals surface area contributed by atoms with Crippen LogP contribution in [0, 0.1) is 5.82 Å². The molecule has 1 saturated heterocycles. The summed E-state index contributed by atoms with van der Waals surface area (Å²) in [6, 6.07) is 11.1. The van der Waals surface area contributed by atoms with Gasteiger partial charge in [0.05, 0.1) is 5.69 Å². The van der Waals surface area contributed by atoms with E-state index < -0.39 is 0 Å². The maximum Gasteiger partial charge on any atom is 0.255 e. The number of anilines is 2. The number of likely N-dealkylation sites (N-methyl/N-ethyl adjacent to an activating group) is 1. The topological polar surface area (TPSA) is 47.6 Å². The van der Waals surface area contributed by atoms with E-state index in [4.69, 9.17) is 0 Å². The molecule has 0 atom stereocenters. The molecule has 0 aliphatic carbocycles. The highest BCUT2D eigenvalue weighted by atomic mass is 35.5. The molecule has 30 heavy (non-hydrogen) atoms. The second-order valence-electron chi connectivity index (χ2n) is 7.41. The Balaban J connectivity index is 0.00000160. The smallest absolute Gasteiger partial charge is 0.255 e. The summed E-state index contributed by atoms with van der Waals surface area (Å²) in [5.41, 5.74) is 3.59. The van der Waals surface area contributed by atoms with E-state index in [2.05, 4.69) is 27.4 Å². The van der Waals surface area contributed by atoms with Gasteiger partial charge in [0.25, 0.3) is 5.91 Å². The number of nitrogens with zero attached hydrogens (tertiary/aromatic N) is 2. The molecule has 1 amide bonds. The summed E-state index contributed by atoms with van der Waals surface area (Å²) < 4.78 is 14.7. The molecule has 2 aromatic carbocycles. The SMILES string of the molecule is CCN1CCN(c2ccc(C(=O)Nc3ccc4c(c3F)CCNC4)cc2)CC1.Cl.Cl. The first-order chi connectivity index (χ1) is 13.7. The van der Waals surface area contributed by atoms with Crippen LogP contribution in [0.3, 0.4) is 0 Å². The molecule has 2 N–H and O–H groups in total. The Kier molecular flexibility index (Phi) is 8.92. The van der Waals surface area contributed by atoms with Crippen molar-refractivity contribution in [1.29, 1.82) is 0 Å². The van der Waals surface area contributed by atoms with Crippen LogP contribution in [0.15, 0.2) is 36.4 Å². The number of carbonyl (C=O) groups excluding carboxylic acids is 1. The number of carbonyl (C=O) groups is 1. The third-order valence-electron chi connectivity index (χ3n) is 5.77. The molecule has 0 unspecified atom stereocenters. The van der Waals surface area contributed by atoms with Gasteiger partial charge >= 0.3 is 0 Å². The molecule has 1 fully saturated rings. The Labute approximate surface area is 189 Å². The normalized spacial score (nSPS) is 16.1. The Bertz CT molecular complexity index is 855. The average Bonchev–Trinajstić information content (AvgIpc) is 2.76. The van der Waals surface area contributed by atoms with E-state index in [1.54, 1.807) is 6.07 Å². The van der Waals surface area contributed by atoms with Gasteiger partial charge < -0.3 is 20.4 Å². The molecule has 0 saturated carbocycles. The third-order valence-corrected chi connectivity index (χ3v) is 5.77. The molecule has 4 rings (SSSR count). The van der Waals surface area contributed by atoms with E-state index in [0.717, 1.165) is 50.5 Å². The van der Waals surface area contributed by atoms with Gasteiger partial charge in [-0.05, 0) is 61.0 Å². The molecule has 2 heterocycles. The van der Waals surface area contributed by atoms with Gasteiger partial charge in [0.1, 0.15) is 5.82 Å². The zero-order valence-electron chi connectivity index (χ0n) is 17.1. The van der Waals surface area contributed by atoms with Crippen LogP contribution in [0.2, 0.25) is 0 Å². The Morgan fingerprint density at radius 2 is 1.77 bits per heavy atom. The predicted molar refractivity (Wildman–Crippen MR) is 125 cm³/mol. The fraction of sp³-hybridized carbons (Fsp3) is 0.409. The summed E-state index contributed by atoms with van der Waals surface area (Å²) in [5, 5.41) is 5.97. The van der Waals surface area contributed by atoms with E-state index >= 15 is 0 Å². The molecule has 0 aromatic heterocycles. The zero-order valence-corrected chi connectivity index (χ0v) is 18.8. The molecule has 2 aliphatic rings. The first-order valence-corrected chi connectivity index (χ1v) is 10.1. The fourth-order valence-electron chi connectivity index (χ4n) is 3.97. The van der Waals surface area contributed by atoms with Crippen LogP contribution in [-0.2, 0) is 13.0 Å². The van der Waals surface area contributed by atoms with E-state index in [1.807, 2.05) is 30.3 Å². The number of rotatable bonds is 4. The van der Waals surface area contributed by atoms with Crippen LogP contribution in [0.1, 0.15) is 28.4 Å². The van der Waals surface area contributed by atoms with Crippen molar-refractivity contribution in [2.24, 2.45) is 0 Å². The van der Waals surface area contributed by atoms with Gasteiger partial charge in [0, 0.05) is 44.0 Å². The number of hydrogen-bond acceptors (Lipinski definition) is 4. The lowest BCUT2D eigenvalue weighted by Gasteiger charge is -2.35. The highest BCUT2D eigenvalue weighted by molar-refractivity contribution is 6.04. The van der Waals surface area contributed by atoms with Gasteiger partial charge in [-0.3, -0.25) is 4.79 Å². The molecular weight excluding hydrogens is 426 g/mol. The van der Waals surface area contributed by atoms with Crippen LogP contribution < -0.4 is 15.5 Å². The fourth-order valence-corrected chi connectivity index (χ4v) is 3.97. The molecular formula is C22H29Cl2FN4O. The monoisotopic (exact) mass is 454 g/mol. The van der Waals surface area contributed by atoms with Crippen molar-refractivity contribution < 1.29 is 9.18 Å². The largest absolute Gasteiger partial charge is 0.369 e. The highest BCUT2D eigenvalue weighted by Gasteiger charge is 2.19. The molecule has 8 heteroatoms. The van der Waals surface area contributed by atoms with Crippen LogP contribution in [-0.4, -0.2) is 50.1 Å². The third kappa shape index (κ3) is 5.24. The Morgan fingerprint density at radius 1 is 1.07 bits per heavy atom. The van der Waals surface area contributed by atoms with Crippen LogP contribution in [0.4, 0.5) is 15.8 Å².